The van der Waals surface area contributed by atoms with Crippen LogP contribution < -0.4 is 5.32 Å². The second-order valence-electron chi connectivity index (χ2n) is 7.67. The molecular weight excluding hydrogens is 318 g/mol. The van der Waals surface area contributed by atoms with E-state index in [-0.39, 0.29) is 24.3 Å². The number of ether oxygens (including phenoxy) is 1. The molecule has 0 aromatic heterocycles. The van der Waals surface area contributed by atoms with Crippen molar-refractivity contribution >= 4 is 12.1 Å². The fourth-order valence-corrected chi connectivity index (χ4v) is 3.55. The van der Waals surface area contributed by atoms with Crippen LogP contribution in [0.1, 0.15) is 51.6 Å². The highest BCUT2D eigenvalue weighted by atomic mass is 16.6. The van der Waals surface area contributed by atoms with Gasteiger partial charge in [-0.3, -0.25) is 9.80 Å². The quantitative estimate of drug-likeness (QED) is 0.892. The van der Waals surface area contributed by atoms with Gasteiger partial charge in [-0.2, -0.15) is 0 Å². The van der Waals surface area contributed by atoms with Crippen LogP contribution in [0, 0.1) is 0 Å². The van der Waals surface area contributed by atoms with Crippen LogP contribution in [-0.4, -0.2) is 46.8 Å². The van der Waals surface area contributed by atoms with Gasteiger partial charge in [-0.1, -0.05) is 30.3 Å². The summed E-state index contributed by atoms with van der Waals surface area (Å²) in [5, 5.41) is 2.93. The maximum absolute atomic E-state index is 12.7. The molecule has 2 fully saturated rings. The van der Waals surface area contributed by atoms with Crippen LogP contribution >= 0.6 is 0 Å². The fraction of sp³-hybridized carbons (Fsp3) is 0.579. The third-order valence-corrected chi connectivity index (χ3v) is 4.62. The lowest BCUT2D eigenvalue weighted by Gasteiger charge is -2.42. The zero-order valence-electron chi connectivity index (χ0n) is 15.2. The number of hydrogen-bond acceptors (Lipinski definition) is 3. The van der Waals surface area contributed by atoms with Crippen molar-refractivity contribution in [2.24, 2.45) is 0 Å². The molecular formula is C19H27N3O3. The van der Waals surface area contributed by atoms with Crippen LogP contribution in [0.5, 0.6) is 0 Å². The highest BCUT2D eigenvalue weighted by Gasteiger charge is 2.42. The summed E-state index contributed by atoms with van der Waals surface area (Å²) in [6.07, 6.45) is 2.09. The Morgan fingerprint density at radius 3 is 2.60 bits per heavy atom. The summed E-state index contributed by atoms with van der Waals surface area (Å²) < 4.78 is 5.57. The Morgan fingerprint density at radius 1 is 1.20 bits per heavy atom. The van der Waals surface area contributed by atoms with Gasteiger partial charge >= 0.3 is 12.1 Å². The number of likely N-dealkylation sites (tertiary alicyclic amines) is 1. The van der Waals surface area contributed by atoms with Crippen LogP contribution in [0.3, 0.4) is 0 Å². The highest BCUT2D eigenvalue weighted by Crippen LogP contribution is 2.32. The minimum Gasteiger partial charge on any atom is -0.444 e. The highest BCUT2D eigenvalue weighted by molar-refractivity contribution is 5.78. The Labute approximate surface area is 149 Å². The first-order valence-electron chi connectivity index (χ1n) is 8.97. The molecule has 6 heteroatoms. The van der Waals surface area contributed by atoms with Gasteiger partial charge in [-0.05, 0) is 45.6 Å². The molecule has 136 valence electrons. The number of hydrogen-bond donors (Lipinski definition) is 1. The minimum atomic E-state index is -0.550. The molecule has 0 bridgehead atoms. The van der Waals surface area contributed by atoms with E-state index in [1.165, 1.54) is 0 Å². The zero-order valence-corrected chi connectivity index (χ0v) is 15.2. The smallest absolute Gasteiger partial charge is 0.411 e. The van der Waals surface area contributed by atoms with Gasteiger partial charge in [0.15, 0.2) is 0 Å². The Kier molecular flexibility index (Phi) is 4.88. The molecule has 2 aliphatic heterocycles. The molecule has 2 heterocycles. The molecule has 2 atom stereocenters. The number of carbonyl (C=O) groups excluding carboxylic acids is 2. The maximum atomic E-state index is 12.7. The summed E-state index contributed by atoms with van der Waals surface area (Å²) >= 11 is 0. The second-order valence-corrected chi connectivity index (χ2v) is 7.67. The van der Waals surface area contributed by atoms with Crippen molar-refractivity contribution < 1.29 is 14.3 Å². The third-order valence-electron chi connectivity index (χ3n) is 4.62. The van der Waals surface area contributed by atoms with Gasteiger partial charge < -0.3 is 10.1 Å². The number of amides is 3. The number of nitrogens with zero attached hydrogens (tertiary/aromatic N) is 2. The van der Waals surface area contributed by atoms with Crippen LogP contribution in [0.2, 0.25) is 0 Å². The summed E-state index contributed by atoms with van der Waals surface area (Å²) in [5.41, 5.74) is 0.529. The van der Waals surface area contributed by atoms with Gasteiger partial charge in [-0.25, -0.2) is 9.59 Å². The molecule has 1 N–H and O–H groups in total. The summed E-state index contributed by atoms with van der Waals surface area (Å²) in [5.74, 6) is 0. The van der Waals surface area contributed by atoms with Gasteiger partial charge in [0, 0.05) is 13.1 Å². The predicted molar refractivity (Wildman–Crippen MR) is 95.0 cm³/mol. The normalized spacial score (nSPS) is 24.2. The Morgan fingerprint density at radius 2 is 1.92 bits per heavy atom. The average Bonchev–Trinajstić information content (AvgIpc) is 2.95. The van der Waals surface area contributed by atoms with Crippen molar-refractivity contribution in [3.8, 4) is 0 Å². The molecule has 2 aliphatic rings. The van der Waals surface area contributed by atoms with E-state index in [0.717, 1.165) is 24.8 Å². The molecule has 3 amide bonds. The number of urea groups is 1. The van der Waals surface area contributed by atoms with E-state index in [9.17, 15) is 9.59 Å². The van der Waals surface area contributed by atoms with E-state index in [1.54, 1.807) is 4.90 Å². The summed E-state index contributed by atoms with van der Waals surface area (Å²) in [6.45, 7) is 6.75. The first kappa shape index (κ1) is 17.6. The number of benzene rings is 1. The van der Waals surface area contributed by atoms with Crippen molar-refractivity contribution in [3.05, 3.63) is 35.9 Å². The van der Waals surface area contributed by atoms with E-state index >= 15 is 0 Å². The Hall–Kier alpha value is -2.24. The van der Waals surface area contributed by atoms with E-state index in [0.29, 0.717) is 13.1 Å². The SMILES string of the molecule is CC(C)(C)OC(=O)N1CCCCC1N1C(=O)NC[C@H]1c1ccccc1. The predicted octanol–water partition coefficient (Wildman–Crippen LogP) is 3.50. The van der Waals surface area contributed by atoms with Crippen molar-refractivity contribution in [2.45, 2.75) is 57.8 Å². The van der Waals surface area contributed by atoms with Crippen LogP contribution in [0.15, 0.2) is 30.3 Å². The lowest BCUT2D eigenvalue weighted by molar-refractivity contribution is -0.0177. The molecule has 0 spiro atoms. The third kappa shape index (κ3) is 3.89. The number of nitrogens with one attached hydrogen (secondary N) is 1. The molecule has 1 unspecified atom stereocenters. The van der Waals surface area contributed by atoms with Crippen LogP contribution in [0.4, 0.5) is 9.59 Å². The molecule has 25 heavy (non-hydrogen) atoms. The van der Waals surface area contributed by atoms with Gasteiger partial charge in [0.1, 0.15) is 11.8 Å². The maximum Gasteiger partial charge on any atom is 0.411 e. The first-order chi connectivity index (χ1) is 11.9. The van der Waals surface area contributed by atoms with E-state index in [1.807, 2.05) is 56.0 Å². The molecule has 1 aromatic rings. The Balaban J connectivity index is 1.85. The van der Waals surface area contributed by atoms with Crippen molar-refractivity contribution in [2.75, 3.05) is 13.1 Å². The topological polar surface area (TPSA) is 61.9 Å². The summed E-state index contributed by atoms with van der Waals surface area (Å²) in [6, 6.07) is 9.78. The number of piperidine rings is 1. The Bertz CT molecular complexity index is 627. The van der Waals surface area contributed by atoms with E-state index < -0.39 is 5.60 Å². The van der Waals surface area contributed by atoms with Crippen molar-refractivity contribution in [3.63, 3.8) is 0 Å². The standard InChI is InChI=1S/C19H27N3O3/c1-19(2,3)25-18(24)21-12-8-7-11-16(21)22-15(13-20-17(22)23)14-9-5-4-6-10-14/h4-6,9-10,15-16H,7-8,11-13H2,1-3H3,(H,20,23)/t15-,16?/m0/s1. The van der Waals surface area contributed by atoms with E-state index in [4.69, 9.17) is 4.74 Å². The van der Waals surface area contributed by atoms with Crippen LogP contribution in [-0.2, 0) is 4.74 Å². The molecule has 2 saturated heterocycles. The molecule has 0 saturated carbocycles. The summed E-state index contributed by atoms with van der Waals surface area (Å²) in [7, 11) is 0. The van der Waals surface area contributed by atoms with Crippen molar-refractivity contribution in [1.29, 1.82) is 0 Å². The molecule has 1 aromatic carbocycles. The minimum absolute atomic E-state index is 0.0678. The molecule has 0 aliphatic carbocycles. The monoisotopic (exact) mass is 345 g/mol. The lowest BCUT2D eigenvalue weighted by Crippen LogP contribution is -2.55. The molecule has 3 rings (SSSR count). The largest absolute Gasteiger partial charge is 0.444 e. The van der Waals surface area contributed by atoms with Gasteiger partial charge in [0.2, 0.25) is 0 Å². The van der Waals surface area contributed by atoms with Crippen LogP contribution in [0.25, 0.3) is 0 Å². The molecule has 6 nitrogen and oxygen atoms in total. The lowest BCUT2D eigenvalue weighted by atomic mass is 10.0. The first-order valence-corrected chi connectivity index (χ1v) is 8.97. The van der Waals surface area contributed by atoms with Crippen molar-refractivity contribution in [1.82, 2.24) is 15.1 Å². The summed E-state index contributed by atoms with van der Waals surface area (Å²) in [4.78, 5) is 28.8. The van der Waals surface area contributed by atoms with E-state index in [2.05, 4.69) is 5.32 Å². The fourth-order valence-electron chi connectivity index (χ4n) is 3.55. The number of carbonyl (C=O) groups is 2. The van der Waals surface area contributed by atoms with Gasteiger partial charge in [0.05, 0.1) is 6.04 Å². The number of rotatable bonds is 2. The van der Waals surface area contributed by atoms with Gasteiger partial charge in [-0.15, -0.1) is 0 Å². The zero-order chi connectivity index (χ0) is 18.0. The van der Waals surface area contributed by atoms with Gasteiger partial charge in [0.25, 0.3) is 0 Å². The second kappa shape index (κ2) is 6.94. The molecule has 0 radical (unpaired) electrons. The average molecular weight is 345 g/mol.